The van der Waals surface area contributed by atoms with Crippen LogP contribution in [0, 0.1) is 26.0 Å². The zero-order valence-electron chi connectivity index (χ0n) is 26.9. The van der Waals surface area contributed by atoms with Gasteiger partial charge in [0, 0.05) is 42.9 Å². The molecule has 0 aliphatic carbocycles. The smallest absolute Gasteiger partial charge is 0.0834 e. The maximum atomic E-state index is 5.17. The Hall–Kier alpha value is -5.26. The standard InChI is InChI=1S/C32H22N3S.C11H8N.Ir/c1-20-13-15-26(31-29(20)25-16-14-23(17-28(25)36-31)22-9-5-3-6-10-22)32-34-30-21(2)18-33-19-27(30)35(32)24-11-7-4-8-12-24;1-2-6-10(7-3-1)11-8-4-5-9-12-11;/h3-14,16-19H,1-2H3;1-6,8-9H;/q2*-1;. The van der Waals surface area contributed by atoms with Crippen LogP contribution < -0.4 is 0 Å². The van der Waals surface area contributed by atoms with E-state index in [1.54, 1.807) is 6.20 Å². The summed E-state index contributed by atoms with van der Waals surface area (Å²) >= 11 is 1.82. The second-order valence-corrected chi connectivity index (χ2v) is 12.7. The van der Waals surface area contributed by atoms with Gasteiger partial charge in [0.1, 0.15) is 0 Å². The number of fused-ring (bicyclic) bond motifs is 4. The van der Waals surface area contributed by atoms with Crippen LogP contribution in [0.25, 0.3) is 70.7 Å². The zero-order chi connectivity index (χ0) is 32.5. The molecule has 6 heteroatoms. The molecule has 0 unspecified atom stereocenters. The van der Waals surface area contributed by atoms with Crippen LogP contribution in [-0.2, 0) is 20.1 Å². The maximum Gasteiger partial charge on any atom is 0.0834 e. The molecule has 1 radical (unpaired) electrons. The normalized spacial score (nSPS) is 10.9. The molecule has 4 nitrogen and oxygen atoms in total. The Morgan fingerprint density at radius 1 is 0.714 bits per heavy atom. The van der Waals surface area contributed by atoms with E-state index in [2.05, 4.69) is 119 Å². The Morgan fingerprint density at radius 3 is 2.24 bits per heavy atom. The molecular formula is C43H30IrN4S-2. The van der Waals surface area contributed by atoms with Gasteiger partial charge in [0.15, 0.2) is 0 Å². The molecule has 49 heavy (non-hydrogen) atoms. The van der Waals surface area contributed by atoms with Crippen molar-refractivity contribution in [1.29, 1.82) is 0 Å². The molecule has 4 heterocycles. The van der Waals surface area contributed by atoms with Gasteiger partial charge in [-0.3, -0.25) is 9.97 Å². The molecule has 9 rings (SSSR count). The van der Waals surface area contributed by atoms with Gasteiger partial charge in [-0.1, -0.05) is 90.7 Å². The first-order valence-electron chi connectivity index (χ1n) is 15.9. The molecule has 4 aromatic heterocycles. The van der Waals surface area contributed by atoms with Crippen LogP contribution in [0.4, 0.5) is 0 Å². The monoisotopic (exact) mass is 827 g/mol. The Morgan fingerprint density at radius 2 is 1.49 bits per heavy atom. The van der Waals surface area contributed by atoms with Gasteiger partial charge in [-0.2, -0.15) is 11.3 Å². The van der Waals surface area contributed by atoms with Crippen LogP contribution in [-0.4, -0.2) is 19.5 Å². The fourth-order valence-corrected chi connectivity index (χ4v) is 7.47. The molecule has 0 bridgehead atoms. The number of hydrogen-bond acceptors (Lipinski definition) is 4. The molecule has 239 valence electrons. The van der Waals surface area contributed by atoms with Crippen LogP contribution >= 0.6 is 11.3 Å². The summed E-state index contributed by atoms with van der Waals surface area (Å²) in [5, 5.41) is 2.56. The van der Waals surface area contributed by atoms with Gasteiger partial charge < -0.3 is 9.55 Å². The largest absolute Gasteiger partial charge is 0.332 e. The van der Waals surface area contributed by atoms with Crippen molar-refractivity contribution in [3.8, 4) is 39.5 Å². The van der Waals surface area contributed by atoms with Crippen molar-refractivity contribution in [3.05, 3.63) is 169 Å². The van der Waals surface area contributed by atoms with E-state index in [-0.39, 0.29) is 20.1 Å². The fourth-order valence-electron chi connectivity index (χ4n) is 6.16. The summed E-state index contributed by atoms with van der Waals surface area (Å²) in [7, 11) is 0. The SMILES string of the molecule is Cc1cncc2c1nc(-c1[c-]cc(C)c3c1sc1cc(-c4ccccc4)ccc13)n2-c1ccccc1.[Ir].[c-]1ccccc1-c1ccccn1. The minimum atomic E-state index is 0. The first-order chi connectivity index (χ1) is 23.7. The zero-order valence-corrected chi connectivity index (χ0v) is 30.1. The Labute approximate surface area is 303 Å². The number of nitrogens with zero attached hydrogens (tertiary/aromatic N) is 4. The van der Waals surface area contributed by atoms with Gasteiger partial charge in [-0.25, -0.2) is 0 Å². The van der Waals surface area contributed by atoms with Gasteiger partial charge >= 0.3 is 0 Å². The Bertz CT molecular complexity index is 2470. The third-order valence-electron chi connectivity index (χ3n) is 8.49. The number of pyridine rings is 2. The van der Waals surface area contributed by atoms with E-state index in [1.807, 2.05) is 72.3 Å². The number of benzene rings is 5. The van der Waals surface area contributed by atoms with Crippen molar-refractivity contribution < 1.29 is 20.1 Å². The van der Waals surface area contributed by atoms with Gasteiger partial charge in [-0.15, -0.1) is 53.6 Å². The van der Waals surface area contributed by atoms with Crippen LogP contribution in [0.1, 0.15) is 11.1 Å². The molecule has 0 N–H and O–H groups in total. The summed E-state index contributed by atoms with van der Waals surface area (Å²) in [5.41, 5.74) is 10.8. The van der Waals surface area contributed by atoms with E-state index >= 15 is 0 Å². The van der Waals surface area contributed by atoms with Gasteiger partial charge in [0.05, 0.1) is 23.1 Å². The van der Waals surface area contributed by atoms with E-state index in [9.17, 15) is 0 Å². The molecular weight excluding hydrogens is 797 g/mol. The minimum absolute atomic E-state index is 0. The first-order valence-corrected chi connectivity index (χ1v) is 16.7. The topological polar surface area (TPSA) is 43.6 Å². The van der Waals surface area contributed by atoms with Crippen LogP contribution in [0.3, 0.4) is 0 Å². The summed E-state index contributed by atoms with van der Waals surface area (Å²) < 4.78 is 4.71. The van der Waals surface area contributed by atoms with E-state index < -0.39 is 0 Å². The van der Waals surface area contributed by atoms with Crippen molar-refractivity contribution in [2.24, 2.45) is 0 Å². The molecule has 0 fully saturated rings. The third-order valence-corrected chi connectivity index (χ3v) is 9.66. The van der Waals surface area contributed by atoms with Gasteiger partial charge in [0.25, 0.3) is 0 Å². The number of para-hydroxylation sites is 1. The van der Waals surface area contributed by atoms with E-state index in [0.29, 0.717) is 0 Å². The summed E-state index contributed by atoms with van der Waals surface area (Å²) in [6.07, 6.45) is 5.58. The predicted molar refractivity (Wildman–Crippen MR) is 199 cm³/mol. The van der Waals surface area contributed by atoms with Crippen molar-refractivity contribution in [2.45, 2.75) is 13.8 Å². The summed E-state index contributed by atoms with van der Waals surface area (Å²) in [6.45, 7) is 4.24. The molecule has 9 aromatic rings. The van der Waals surface area contributed by atoms with Crippen LogP contribution in [0.5, 0.6) is 0 Å². The molecule has 5 aromatic carbocycles. The molecule has 0 spiro atoms. The molecule has 0 saturated carbocycles. The number of imidazole rings is 1. The first kappa shape index (κ1) is 32.3. The predicted octanol–water partition coefficient (Wildman–Crippen LogP) is 11.1. The van der Waals surface area contributed by atoms with Crippen molar-refractivity contribution in [2.75, 3.05) is 0 Å². The summed E-state index contributed by atoms with van der Waals surface area (Å²) in [5.74, 6) is 0.895. The van der Waals surface area contributed by atoms with Gasteiger partial charge in [-0.05, 0) is 63.7 Å². The number of aromatic nitrogens is 4. The summed E-state index contributed by atoms with van der Waals surface area (Å²) in [4.78, 5) is 13.9. The Balaban J connectivity index is 0.000000246. The number of rotatable bonds is 4. The molecule has 0 aliphatic heterocycles. The van der Waals surface area contributed by atoms with Crippen LogP contribution in [0.15, 0.2) is 146 Å². The van der Waals surface area contributed by atoms with Crippen LogP contribution in [0.2, 0.25) is 0 Å². The van der Waals surface area contributed by atoms with E-state index in [4.69, 9.17) is 4.98 Å². The molecule has 0 aliphatic rings. The third kappa shape index (κ3) is 6.23. The molecule has 0 saturated heterocycles. The van der Waals surface area contributed by atoms with E-state index in [0.717, 1.165) is 44.9 Å². The second kappa shape index (κ2) is 14.1. The number of hydrogen-bond donors (Lipinski definition) is 0. The maximum absolute atomic E-state index is 5.17. The molecule has 0 amide bonds. The van der Waals surface area contributed by atoms with Crippen molar-refractivity contribution in [3.63, 3.8) is 0 Å². The number of aryl methyl sites for hydroxylation is 2. The fraction of sp³-hybridized carbons (Fsp3) is 0.0465. The average Bonchev–Trinajstić information content (AvgIpc) is 3.74. The average molecular weight is 827 g/mol. The number of thiophene rings is 1. The quantitative estimate of drug-likeness (QED) is 0.166. The van der Waals surface area contributed by atoms with Gasteiger partial charge in [0.2, 0.25) is 0 Å². The van der Waals surface area contributed by atoms with Crippen molar-refractivity contribution >= 4 is 42.5 Å². The minimum Gasteiger partial charge on any atom is -0.332 e. The Kier molecular flexibility index (Phi) is 9.27. The van der Waals surface area contributed by atoms with E-state index in [1.165, 1.54) is 36.9 Å². The second-order valence-electron chi connectivity index (χ2n) is 11.7. The van der Waals surface area contributed by atoms with Crippen molar-refractivity contribution in [1.82, 2.24) is 19.5 Å². The summed E-state index contributed by atoms with van der Waals surface area (Å²) in [6, 6.07) is 50.3. The molecule has 0 atom stereocenters.